The van der Waals surface area contributed by atoms with Crippen LogP contribution in [0.5, 0.6) is 0 Å². The van der Waals surface area contributed by atoms with Crippen LogP contribution in [0.3, 0.4) is 0 Å². The third-order valence-corrected chi connectivity index (χ3v) is 2.77. The van der Waals surface area contributed by atoms with Crippen LogP contribution in [-0.2, 0) is 9.47 Å². The first-order chi connectivity index (χ1) is 8.58. The maximum absolute atomic E-state index is 11.7. The SMILES string of the molecule is COC(=O)c1[nH]c2ccc(Cl)cc2c1C(=O)OC. The van der Waals surface area contributed by atoms with Crippen LogP contribution < -0.4 is 0 Å². The fourth-order valence-electron chi connectivity index (χ4n) is 1.73. The Morgan fingerprint density at radius 2 is 1.83 bits per heavy atom. The van der Waals surface area contributed by atoms with E-state index in [1.165, 1.54) is 14.2 Å². The third kappa shape index (κ3) is 1.93. The molecule has 1 aromatic heterocycles. The predicted molar refractivity (Wildman–Crippen MR) is 66.0 cm³/mol. The second-order valence-electron chi connectivity index (χ2n) is 3.55. The summed E-state index contributed by atoms with van der Waals surface area (Å²) in [5.74, 6) is -1.26. The minimum atomic E-state index is -0.636. The van der Waals surface area contributed by atoms with E-state index < -0.39 is 11.9 Å². The highest BCUT2D eigenvalue weighted by atomic mass is 35.5. The van der Waals surface area contributed by atoms with Gasteiger partial charge in [0, 0.05) is 15.9 Å². The molecule has 18 heavy (non-hydrogen) atoms. The van der Waals surface area contributed by atoms with E-state index in [2.05, 4.69) is 14.5 Å². The number of nitrogens with one attached hydrogen (secondary N) is 1. The van der Waals surface area contributed by atoms with Crippen molar-refractivity contribution in [2.24, 2.45) is 0 Å². The highest BCUT2D eigenvalue weighted by molar-refractivity contribution is 6.31. The van der Waals surface area contributed by atoms with Crippen molar-refractivity contribution >= 4 is 34.4 Å². The second kappa shape index (κ2) is 4.70. The molecule has 0 atom stereocenters. The van der Waals surface area contributed by atoms with Crippen LogP contribution in [0.1, 0.15) is 20.8 Å². The van der Waals surface area contributed by atoms with Gasteiger partial charge in [-0.3, -0.25) is 0 Å². The number of benzene rings is 1. The van der Waals surface area contributed by atoms with Crippen molar-refractivity contribution in [2.45, 2.75) is 0 Å². The van der Waals surface area contributed by atoms with E-state index in [-0.39, 0.29) is 11.3 Å². The second-order valence-corrected chi connectivity index (χ2v) is 3.98. The predicted octanol–water partition coefficient (Wildman–Crippen LogP) is 2.39. The van der Waals surface area contributed by atoms with E-state index in [0.717, 1.165) is 0 Å². The minimum Gasteiger partial charge on any atom is -0.465 e. The van der Waals surface area contributed by atoms with E-state index in [1.807, 2.05) is 0 Å². The van der Waals surface area contributed by atoms with Gasteiger partial charge in [0.05, 0.1) is 19.8 Å². The van der Waals surface area contributed by atoms with Crippen molar-refractivity contribution in [1.82, 2.24) is 4.98 Å². The summed E-state index contributed by atoms with van der Waals surface area (Å²) in [5.41, 5.74) is 0.795. The molecule has 5 nitrogen and oxygen atoms in total. The Hall–Kier alpha value is -2.01. The smallest absolute Gasteiger partial charge is 0.355 e. The van der Waals surface area contributed by atoms with Gasteiger partial charge in [-0.2, -0.15) is 0 Å². The Bertz CT molecular complexity index is 632. The first-order valence-corrected chi connectivity index (χ1v) is 5.44. The van der Waals surface area contributed by atoms with Crippen molar-refractivity contribution in [2.75, 3.05) is 14.2 Å². The lowest BCUT2D eigenvalue weighted by Gasteiger charge is -2.01. The number of H-pyrrole nitrogens is 1. The van der Waals surface area contributed by atoms with Crippen molar-refractivity contribution in [3.8, 4) is 0 Å². The number of fused-ring (bicyclic) bond motifs is 1. The molecule has 0 fully saturated rings. The van der Waals surface area contributed by atoms with Crippen LogP contribution in [0.4, 0.5) is 0 Å². The van der Waals surface area contributed by atoms with E-state index in [1.54, 1.807) is 18.2 Å². The van der Waals surface area contributed by atoms with Gasteiger partial charge in [-0.25, -0.2) is 9.59 Å². The van der Waals surface area contributed by atoms with Gasteiger partial charge in [0.1, 0.15) is 5.69 Å². The molecule has 0 unspecified atom stereocenters. The Morgan fingerprint density at radius 3 is 2.44 bits per heavy atom. The lowest BCUT2D eigenvalue weighted by Crippen LogP contribution is -2.10. The summed E-state index contributed by atoms with van der Waals surface area (Å²) >= 11 is 5.88. The fraction of sp³-hybridized carbons (Fsp3) is 0.167. The van der Waals surface area contributed by atoms with Crippen LogP contribution >= 0.6 is 11.6 Å². The Labute approximate surface area is 108 Å². The number of carbonyl (C=O) groups is 2. The van der Waals surface area contributed by atoms with Gasteiger partial charge in [0.2, 0.25) is 0 Å². The topological polar surface area (TPSA) is 68.4 Å². The number of aromatic amines is 1. The van der Waals surface area contributed by atoms with Gasteiger partial charge in [-0.1, -0.05) is 11.6 Å². The molecule has 0 bridgehead atoms. The molecule has 0 aliphatic heterocycles. The maximum atomic E-state index is 11.7. The number of rotatable bonds is 2. The number of hydrogen-bond donors (Lipinski definition) is 1. The molecule has 1 aromatic carbocycles. The van der Waals surface area contributed by atoms with Gasteiger partial charge in [0.25, 0.3) is 0 Å². The first kappa shape index (κ1) is 12.4. The average molecular weight is 268 g/mol. The monoisotopic (exact) mass is 267 g/mol. The Morgan fingerprint density at radius 1 is 1.17 bits per heavy atom. The largest absolute Gasteiger partial charge is 0.465 e. The summed E-state index contributed by atoms with van der Waals surface area (Å²) < 4.78 is 9.29. The van der Waals surface area contributed by atoms with Crippen LogP contribution in [-0.4, -0.2) is 31.1 Å². The summed E-state index contributed by atoms with van der Waals surface area (Å²) in [4.78, 5) is 26.2. The third-order valence-electron chi connectivity index (χ3n) is 2.54. The van der Waals surface area contributed by atoms with Crippen molar-refractivity contribution in [1.29, 1.82) is 0 Å². The molecule has 1 N–H and O–H groups in total. The summed E-state index contributed by atoms with van der Waals surface area (Å²) in [5, 5.41) is 0.984. The fourth-order valence-corrected chi connectivity index (χ4v) is 1.91. The number of esters is 2. The summed E-state index contributed by atoms with van der Waals surface area (Å²) in [6.45, 7) is 0. The van der Waals surface area contributed by atoms with Gasteiger partial charge >= 0.3 is 11.9 Å². The summed E-state index contributed by atoms with van der Waals surface area (Å²) in [6.07, 6.45) is 0. The molecule has 0 saturated carbocycles. The van der Waals surface area contributed by atoms with Gasteiger partial charge < -0.3 is 14.5 Å². The van der Waals surface area contributed by atoms with Gasteiger partial charge in [0.15, 0.2) is 0 Å². The molecule has 0 aliphatic carbocycles. The average Bonchev–Trinajstić information content (AvgIpc) is 2.75. The number of carbonyl (C=O) groups excluding carboxylic acids is 2. The molecule has 0 saturated heterocycles. The van der Waals surface area contributed by atoms with Crippen molar-refractivity contribution in [3.63, 3.8) is 0 Å². The summed E-state index contributed by atoms with van der Waals surface area (Å²) in [7, 11) is 2.48. The standard InChI is InChI=1S/C12H10ClNO4/c1-17-11(15)9-7-5-6(13)3-4-8(7)14-10(9)12(16)18-2/h3-5,14H,1-2H3. The molecule has 94 valence electrons. The van der Waals surface area contributed by atoms with Crippen LogP contribution in [0.25, 0.3) is 10.9 Å². The highest BCUT2D eigenvalue weighted by Crippen LogP contribution is 2.26. The number of hydrogen-bond acceptors (Lipinski definition) is 4. The maximum Gasteiger partial charge on any atom is 0.355 e. The lowest BCUT2D eigenvalue weighted by molar-refractivity contribution is 0.0553. The zero-order valence-corrected chi connectivity index (χ0v) is 10.5. The quantitative estimate of drug-likeness (QED) is 0.849. The molecule has 0 amide bonds. The molecule has 1 heterocycles. The number of methoxy groups -OCH3 is 2. The van der Waals surface area contributed by atoms with Crippen LogP contribution in [0.15, 0.2) is 18.2 Å². The molecular weight excluding hydrogens is 258 g/mol. The van der Waals surface area contributed by atoms with Gasteiger partial charge in [-0.05, 0) is 18.2 Å². The van der Waals surface area contributed by atoms with E-state index in [9.17, 15) is 9.59 Å². The molecule has 2 aromatic rings. The zero-order chi connectivity index (χ0) is 13.3. The molecular formula is C12H10ClNO4. The van der Waals surface area contributed by atoms with Crippen LogP contribution in [0, 0.1) is 0 Å². The van der Waals surface area contributed by atoms with Gasteiger partial charge in [-0.15, -0.1) is 0 Å². The minimum absolute atomic E-state index is 0.0571. The zero-order valence-electron chi connectivity index (χ0n) is 9.74. The molecule has 6 heteroatoms. The van der Waals surface area contributed by atoms with Crippen molar-refractivity contribution < 1.29 is 19.1 Å². The number of halogens is 1. The number of aromatic nitrogens is 1. The lowest BCUT2D eigenvalue weighted by atomic mass is 10.1. The summed E-state index contributed by atoms with van der Waals surface area (Å²) in [6, 6.07) is 4.92. The number of ether oxygens (including phenoxy) is 2. The van der Waals surface area contributed by atoms with Crippen LogP contribution in [0.2, 0.25) is 5.02 Å². The van der Waals surface area contributed by atoms with E-state index in [0.29, 0.717) is 15.9 Å². The Kier molecular flexibility index (Phi) is 3.25. The molecule has 0 spiro atoms. The van der Waals surface area contributed by atoms with E-state index in [4.69, 9.17) is 11.6 Å². The molecule has 0 aliphatic rings. The van der Waals surface area contributed by atoms with E-state index >= 15 is 0 Å². The Balaban J connectivity index is 2.77. The molecule has 0 radical (unpaired) electrons. The first-order valence-electron chi connectivity index (χ1n) is 5.06. The molecule has 2 rings (SSSR count). The normalized spacial score (nSPS) is 10.4. The van der Waals surface area contributed by atoms with Crippen molar-refractivity contribution in [3.05, 3.63) is 34.5 Å². The highest BCUT2D eigenvalue weighted by Gasteiger charge is 2.24.